The Balaban J connectivity index is 1.63. The van der Waals surface area contributed by atoms with Gasteiger partial charge in [-0.25, -0.2) is 14.6 Å². The average Bonchev–Trinajstić information content (AvgIpc) is 3.35. The van der Waals surface area contributed by atoms with E-state index < -0.39 is 0 Å². The van der Waals surface area contributed by atoms with Gasteiger partial charge < -0.3 is 4.90 Å². The molecule has 3 aromatic heterocycles. The van der Waals surface area contributed by atoms with E-state index in [1.165, 1.54) is 6.33 Å². The molecule has 3 aromatic rings. The van der Waals surface area contributed by atoms with Crippen LogP contribution in [-0.2, 0) is 0 Å². The molecule has 1 aliphatic heterocycles. The Labute approximate surface area is 138 Å². The van der Waals surface area contributed by atoms with Crippen LogP contribution < -0.4 is 0 Å². The van der Waals surface area contributed by atoms with E-state index in [4.69, 9.17) is 0 Å². The molecule has 0 spiro atoms. The van der Waals surface area contributed by atoms with Crippen LogP contribution in [0.1, 0.15) is 41.2 Å². The molecule has 24 heavy (non-hydrogen) atoms. The molecule has 0 radical (unpaired) electrons. The molecular weight excluding hydrogens is 306 g/mol. The van der Waals surface area contributed by atoms with Gasteiger partial charge in [-0.15, -0.1) is 0 Å². The topological polar surface area (TPSA) is 92.6 Å². The SMILES string of the molecule is O=C(c1ccnc(-n2cncn2)c1)N1CCCC[C@@H]1c1cn[nH]c1. The molecule has 8 heteroatoms. The van der Waals surface area contributed by atoms with Gasteiger partial charge in [0.05, 0.1) is 12.2 Å². The maximum absolute atomic E-state index is 13.0. The van der Waals surface area contributed by atoms with Crippen LogP contribution in [0.3, 0.4) is 0 Å². The number of nitrogens with one attached hydrogen (secondary N) is 1. The molecule has 1 amide bonds. The van der Waals surface area contributed by atoms with Crippen LogP contribution in [0.25, 0.3) is 5.82 Å². The summed E-state index contributed by atoms with van der Waals surface area (Å²) in [5, 5.41) is 10.9. The van der Waals surface area contributed by atoms with E-state index in [1.54, 1.807) is 35.5 Å². The summed E-state index contributed by atoms with van der Waals surface area (Å²) in [6, 6.07) is 3.55. The molecular formula is C16H17N7O. The minimum absolute atomic E-state index is 0.00432. The van der Waals surface area contributed by atoms with Crippen LogP contribution in [0.4, 0.5) is 0 Å². The number of likely N-dealkylation sites (tertiary alicyclic amines) is 1. The van der Waals surface area contributed by atoms with Gasteiger partial charge in [0.2, 0.25) is 0 Å². The van der Waals surface area contributed by atoms with Gasteiger partial charge in [0, 0.05) is 30.1 Å². The number of hydrogen-bond donors (Lipinski definition) is 1. The summed E-state index contributed by atoms with van der Waals surface area (Å²) in [6.45, 7) is 0.746. The lowest BCUT2D eigenvalue weighted by Crippen LogP contribution is -2.38. The quantitative estimate of drug-likeness (QED) is 0.792. The molecule has 8 nitrogen and oxygen atoms in total. The first kappa shape index (κ1) is 14.6. The van der Waals surface area contributed by atoms with E-state index in [0.717, 1.165) is 31.4 Å². The van der Waals surface area contributed by atoms with E-state index in [9.17, 15) is 4.79 Å². The molecule has 0 aliphatic carbocycles. The van der Waals surface area contributed by atoms with Gasteiger partial charge in [0.1, 0.15) is 12.7 Å². The Kier molecular flexibility index (Phi) is 3.78. The van der Waals surface area contributed by atoms with Crippen molar-refractivity contribution >= 4 is 5.91 Å². The highest BCUT2D eigenvalue weighted by atomic mass is 16.2. The summed E-state index contributed by atoms with van der Waals surface area (Å²) >= 11 is 0. The van der Waals surface area contributed by atoms with E-state index in [1.807, 2.05) is 11.1 Å². The summed E-state index contributed by atoms with van der Waals surface area (Å²) in [5.74, 6) is 0.583. The highest BCUT2D eigenvalue weighted by Gasteiger charge is 2.29. The summed E-state index contributed by atoms with van der Waals surface area (Å²) < 4.78 is 1.54. The smallest absolute Gasteiger partial charge is 0.254 e. The number of rotatable bonds is 3. The molecule has 0 saturated carbocycles. The Bertz CT molecular complexity index is 813. The lowest BCUT2D eigenvalue weighted by Gasteiger charge is -2.35. The third-order valence-corrected chi connectivity index (χ3v) is 4.31. The van der Waals surface area contributed by atoms with Crippen LogP contribution >= 0.6 is 0 Å². The van der Waals surface area contributed by atoms with Crippen molar-refractivity contribution in [3.8, 4) is 5.82 Å². The van der Waals surface area contributed by atoms with E-state index in [2.05, 4.69) is 25.3 Å². The summed E-state index contributed by atoms with van der Waals surface area (Å²) in [7, 11) is 0. The molecule has 0 unspecified atom stereocenters. The van der Waals surface area contributed by atoms with Crippen LogP contribution in [0.15, 0.2) is 43.4 Å². The summed E-state index contributed by atoms with van der Waals surface area (Å²) in [5.41, 5.74) is 1.65. The number of carbonyl (C=O) groups excluding carboxylic acids is 1. The summed E-state index contributed by atoms with van der Waals surface area (Å²) in [6.07, 6.45) is 11.4. The van der Waals surface area contributed by atoms with Gasteiger partial charge >= 0.3 is 0 Å². The Morgan fingerprint density at radius 2 is 2.29 bits per heavy atom. The molecule has 1 atom stereocenters. The van der Waals surface area contributed by atoms with Gasteiger partial charge in [-0.1, -0.05) is 0 Å². The zero-order valence-electron chi connectivity index (χ0n) is 13.0. The molecule has 0 bridgehead atoms. The minimum Gasteiger partial charge on any atom is -0.331 e. The van der Waals surface area contributed by atoms with Crippen molar-refractivity contribution < 1.29 is 4.79 Å². The third-order valence-electron chi connectivity index (χ3n) is 4.31. The van der Waals surface area contributed by atoms with Gasteiger partial charge in [0.25, 0.3) is 5.91 Å². The summed E-state index contributed by atoms with van der Waals surface area (Å²) in [4.78, 5) is 23.1. The second-order valence-electron chi connectivity index (χ2n) is 5.78. The van der Waals surface area contributed by atoms with Gasteiger partial charge in [-0.2, -0.15) is 10.2 Å². The fraction of sp³-hybridized carbons (Fsp3) is 0.312. The van der Waals surface area contributed by atoms with Crippen molar-refractivity contribution in [1.82, 2.24) is 34.8 Å². The predicted octanol–water partition coefficient (Wildman–Crippen LogP) is 1.75. The zero-order valence-corrected chi connectivity index (χ0v) is 13.0. The molecule has 1 saturated heterocycles. The fourth-order valence-electron chi connectivity index (χ4n) is 3.13. The Hall–Kier alpha value is -3.03. The van der Waals surface area contributed by atoms with Crippen molar-refractivity contribution in [2.45, 2.75) is 25.3 Å². The zero-order chi connectivity index (χ0) is 16.4. The monoisotopic (exact) mass is 323 g/mol. The van der Waals surface area contributed by atoms with E-state index in [-0.39, 0.29) is 11.9 Å². The second-order valence-corrected chi connectivity index (χ2v) is 5.78. The first-order valence-electron chi connectivity index (χ1n) is 7.93. The van der Waals surface area contributed by atoms with Crippen LogP contribution in [-0.4, -0.2) is 47.3 Å². The van der Waals surface area contributed by atoms with Crippen molar-refractivity contribution in [3.63, 3.8) is 0 Å². The number of aromatic nitrogens is 6. The standard InChI is InChI=1S/C16H17N7O/c24-16(12-4-5-18-15(7-12)23-11-17-10-21-23)22-6-2-1-3-14(22)13-8-19-20-9-13/h4-5,7-11,14H,1-3,6H2,(H,19,20)/t14-/m1/s1. The highest BCUT2D eigenvalue weighted by molar-refractivity contribution is 5.94. The first-order valence-corrected chi connectivity index (χ1v) is 7.93. The molecule has 1 fully saturated rings. The molecule has 4 rings (SSSR count). The first-order chi connectivity index (χ1) is 11.8. The molecule has 0 aromatic carbocycles. The molecule has 4 heterocycles. The number of carbonyl (C=O) groups is 1. The number of piperidine rings is 1. The van der Waals surface area contributed by atoms with Gasteiger partial charge in [0.15, 0.2) is 5.82 Å². The number of aromatic amines is 1. The van der Waals surface area contributed by atoms with Crippen LogP contribution in [0, 0.1) is 0 Å². The van der Waals surface area contributed by atoms with Gasteiger partial charge in [-0.3, -0.25) is 9.89 Å². The highest BCUT2D eigenvalue weighted by Crippen LogP contribution is 2.31. The lowest BCUT2D eigenvalue weighted by molar-refractivity contribution is 0.0611. The van der Waals surface area contributed by atoms with Crippen molar-refractivity contribution in [1.29, 1.82) is 0 Å². The van der Waals surface area contributed by atoms with Crippen LogP contribution in [0.5, 0.6) is 0 Å². The Morgan fingerprint density at radius 3 is 3.08 bits per heavy atom. The normalized spacial score (nSPS) is 17.8. The maximum Gasteiger partial charge on any atom is 0.254 e. The second kappa shape index (κ2) is 6.23. The molecule has 1 N–H and O–H groups in total. The van der Waals surface area contributed by atoms with Crippen molar-refractivity contribution in [3.05, 3.63) is 54.5 Å². The fourth-order valence-corrected chi connectivity index (χ4v) is 3.13. The number of amides is 1. The Morgan fingerprint density at radius 1 is 1.33 bits per heavy atom. The average molecular weight is 323 g/mol. The third kappa shape index (κ3) is 2.66. The number of pyridine rings is 1. The van der Waals surface area contributed by atoms with Gasteiger partial charge in [-0.05, 0) is 31.4 Å². The van der Waals surface area contributed by atoms with E-state index >= 15 is 0 Å². The number of H-pyrrole nitrogens is 1. The molecule has 1 aliphatic rings. The predicted molar refractivity (Wildman–Crippen MR) is 85.4 cm³/mol. The minimum atomic E-state index is 0.00432. The number of nitrogens with zero attached hydrogens (tertiary/aromatic N) is 6. The molecule has 122 valence electrons. The maximum atomic E-state index is 13.0. The largest absolute Gasteiger partial charge is 0.331 e. The van der Waals surface area contributed by atoms with Crippen molar-refractivity contribution in [2.24, 2.45) is 0 Å². The van der Waals surface area contributed by atoms with Crippen LogP contribution in [0.2, 0.25) is 0 Å². The van der Waals surface area contributed by atoms with E-state index in [0.29, 0.717) is 11.4 Å². The number of hydrogen-bond acceptors (Lipinski definition) is 5. The lowest BCUT2D eigenvalue weighted by atomic mass is 9.96. The van der Waals surface area contributed by atoms with Crippen molar-refractivity contribution in [2.75, 3.05) is 6.54 Å².